The van der Waals surface area contributed by atoms with Gasteiger partial charge in [0.1, 0.15) is 12.4 Å². The number of ether oxygens (including phenoxy) is 1. The number of fused-ring (bicyclic) bond motifs is 1. The Morgan fingerprint density at radius 2 is 2.00 bits per heavy atom. The maximum atomic E-state index is 11.1. The number of hydrogen-bond donors (Lipinski definition) is 1. The zero-order chi connectivity index (χ0) is 16.5. The lowest BCUT2D eigenvalue weighted by Gasteiger charge is -2.47. The monoisotopic (exact) mass is 317 g/mol. The average molecular weight is 317 g/mol. The number of likely N-dealkylation sites (N-methyl/N-ethyl adjacent to an activating group) is 1. The molecule has 3 nitrogen and oxygen atoms in total. The first kappa shape index (κ1) is 16.8. The standard InChI is InChI=1S/C20H31NO2/c1-19-10-4-5-11-20(19,22)12-9-18(19)16-7-6-8-17(15-16)23-14-13-21(2)3/h6-8,15,18,22H,4-5,9-14H2,1-3H3. The van der Waals surface area contributed by atoms with Crippen molar-refractivity contribution in [1.82, 2.24) is 4.90 Å². The molecule has 3 heteroatoms. The van der Waals surface area contributed by atoms with Gasteiger partial charge in [-0.05, 0) is 63.4 Å². The maximum Gasteiger partial charge on any atom is 0.119 e. The zero-order valence-electron chi connectivity index (χ0n) is 14.8. The van der Waals surface area contributed by atoms with Crippen LogP contribution in [0, 0.1) is 5.41 Å². The first-order valence-electron chi connectivity index (χ1n) is 9.04. The van der Waals surface area contributed by atoms with E-state index in [2.05, 4.69) is 44.1 Å². The summed E-state index contributed by atoms with van der Waals surface area (Å²) in [5.74, 6) is 1.41. The highest BCUT2D eigenvalue weighted by atomic mass is 16.5. The highest BCUT2D eigenvalue weighted by molar-refractivity contribution is 5.34. The highest BCUT2D eigenvalue weighted by Gasteiger charge is 2.57. The van der Waals surface area contributed by atoms with Gasteiger partial charge < -0.3 is 14.7 Å². The molecular formula is C20H31NO2. The Bertz CT molecular complexity index is 544. The van der Waals surface area contributed by atoms with E-state index in [-0.39, 0.29) is 5.41 Å². The van der Waals surface area contributed by atoms with Gasteiger partial charge in [-0.2, -0.15) is 0 Å². The average Bonchev–Trinajstić information content (AvgIpc) is 2.79. The first-order chi connectivity index (χ1) is 10.9. The van der Waals surface area contributed by atoms with Crippen LogP contribution in [-0.2, 0) is 0 Å². The quantitative estimate of drug-likeness (QED) is 0.896. The van der Waals surface area contributed by atoms with Crippen LogP contribution in [0.2, 0.25) is 0 Å². The van der Waals surface area contributed by atoms with E-state index >= 15 is 0 Å². The largest absolute Gasteiger partial charge is 0.492 e. The summed E-state index contributed by atoms with van der Waals surface area (Å²) in [6.45, 7) is 3.94. The molecule has 0 radical (unpaired) electrons. The summed E-state index contributed by atoms with van der Waals surface area (Å²) in [5.41, 5.74) is 0.901. The molecule has 0 bridgehead atoms. The van der Waals surface area contributed by atoms with Gasteiger partial charge in [0.15, 0.2) is 0 Å². The van der Waals surface area contributed by atoms with Gasteiger partial charge in [0.25, 0.3) is 0 Å². The van der Waals surface area contributed by atoms with Crippen LogP contribution in [-0.4, -0.2) is 42.9 Å². The van der Waals surface area contributed by atoms with Gasteiger partial charge in [0.05, 0.1) is 5.60 Å². The molecule has 0 amide bonds. The molecule has 0 saturated heterocycles. The predicted octanol–water partition coefficient (Wildman–Crippen LogP) is 3.82. The van der Waals surface area contributed by atoms with E-state index in [0.29, 0.717) is 12.5 Å². The van der Waals surface area contributed by atoms with Gasteiger partial charge in [-0.15, -0.1) is 0 Å². The van der Waals surface area contributed by atoms with Crippen LogP contribution < -0.4 is 4.74 Å². The molecule has 2 aliphatic rings. The first-order valence-corrected chi connectivity index (χ1v) is 9.04. The minimum absolute atomic E-state index is 0.0213. The molecule has 0 heterocycles. The SMILES string of the molecule is CN(C)CCOc1cccc(C2CCC3(O)CCCCC23C)c1. The summed E-state index contributed by atoms with van der Waals surface area (Å²) in [7, 11) is 4.12. The summed E-state index contributed by atoms with van der Waals surface area (Å²) >= 11 is 0. The smallest absolute Gasteiger partial charge is 0.119 e. The number of nitrogens with zero attached hydrogens (tertiary/aromatic N) is 1. The molecule has 0 aliphatic heterocycles. The summed E-state index contributed by atoms with van der Waals surface area (Å²) in [6, 6.07) is 8.56. The molecule has 1 N–H and O–H groups in total. The minimum Gasteiger partial charge on any atom is -0.492 e. The topological polar surface area (TPSA) is 32.7 Å². The second-order valence-electron chi connectivity index (χ2n) is 7.97. The van der Waals surface area contributed by atoms with Crippen molar-refractivity contribution in [3.63, 3.8) is 0 Å². The van der Waals surface area contributed by atoms with Gasteiger partial charge in [0.2, 0.25) is 0 Å². The highest BCUT2D eigenvalue weighted by Crippen LogP contribution is 2.61. The fourth-order valence-electron chi connectivity index (χ4n) is 4.74. The number of hydrogen-bond acceptors (Lipinski definition) is 3. The van der Waals surface area contributed by atoms with Gasteiger partial charge in [0, 0.05) is 12.0 Å². The van der Waals surface area contributed by atoms with E-state index in [1.54, 1.807) is 0 Å². The van der Waals surface area contributed by atoms with Gasteiger partial charge in [-0.25, -0.2) is 0 Å². The fourth-order valence-corrected chi connectivity index (χ4v) is 4.74. The van der Waals surface area contributed by atoms with Gasteiger partial charge >= 0.3 is 0 Å². The zero-order valence-corrected chi connectivity index (χ0v) is 14.8. The Hall–Kier alpha value is -1.06. The Morgan fingerprint density at radius 3 is 2.78 bits per heavy atom. The van der Waals surface area contributed by atoms with Crippen molar-refractivity contribution in [1.29, 1.82) is 0 Å². The Kier molecular flexibility index (Phi) is 4.70. The summed E-state index contributed by atoms with van der Waals surface area (Å²) in [4.78, 5) is 2.13. The molecule has 2 aliphatic carbocycles. The number of benzene rings is 1. The van der Waals surface area contributed by atoms with E-state index in [4.69, 9.17) is 4.74 Å². The third kappa shape index (κ3) is 3.14. The number of aliphatic hydroxyl groups is 1. The summed E-state index contributed by atoms with van der Waals surface area (Å²) < 4.78 is 5.91. The molecule has 1 aromatic carbocycles. The third-order valence-electron chi connectivity index (χ3n) is 6.28. The molecule has 0 aromatic heterocycles. The molecule has 1 aromatic rings. The Labute approximate surface area is 140 Å². The van der Waals surface area contributed by atoms with Crippen molar-refractivity contribution in [2.75, 3.05) is 27.2 Å². The van der Waals surface area contributed by atoms with Crippen molar-refractivity contribution in [3.8, 4) is 5.75 Å². The molecule has 3 rings (SSSR count). The molecule has 23 heavy (non-hydrogen) atoms. The van der Waals surface area contributed by atoms with Crippen molar-refractivity contribution in [2.24, 2.45) is 5.41 Å². The van der Waals surface area contributed by atoms with E-state index in [1.165, 1.54) is 18.4 Å². The molecule has 3 atom stereocenters. The molecule has 0 spiro atoms. The van der Waals surface area contributed by atoms with Gasteiger partial charge in [-0.1, -0.05) is 31.9 Å². The van der Waals surface area contributed by atoms with Crippen molar-refractivity contribution >= 4 is 0 Å². The second-order valence-corrected chi connectivity index (χ2v) is 7.97. The second kappa shape index (κ2) is 6.45. The van der Waals surface area contributed by atoms with Crippen LogP contribution in [0.3, 0.4) is 0 Å². The van der Waals surface area contributed by atoms with Crippen LogP contribution >= 0.6 is 0 Å². The minimum atomic E-state index is -0.461. The van der Waals surface area contributed by atoms with E-state index < -0.39 is 5.60 Å². The predicted molar refractivity (Wildman–Crippen MR) is 94.0 cm³/mol. The van der Waals surface area contributed by atoms with E-state index in [0.717, 1.165) is 38.0 Å². The van der Waals surface area contributed by atoms with E-state index in [1.807, 2.05) is 6.07 Å². The lowest BCUT2D eigenvalue weighted by Crippen LogP contribution is -2.46. The van der Waals surface area contributed by atoms with Gasteiger partial charge in [-0.3, -0.25) is 0 Å². The maximum absolute atomic E-state index is 11.1. The Morgan fingerprint density at radius 1 is 1.22 bits per heavy atom. The molecule has 2 saturated carbocycles. The summed E-state index contributed by atoms with van der Waals surface area (Å²) in [6.07, 6.45) is 6.56. The van der Waals surface area contributed by atoms with Crippen molar-refractivity contribution in [2.45, 2.75) is 57.0 Å². The molecule has 2 fully saturated rings. The molecule has 3 unspecified atom stereocenters. The molecular weight excluding hydrogens is 286 g/mol. The lowest BCUT2D eigenvalue weighted by molar-refractivity contribution is -0.0881. The van der Waals surface area contributed by atoms with Crippen LogP contribution in [0.1, 0.15) is 56.9 Å². The third-order valence-corrected chi connectivity index (χ3v) is 6.28. The van der Waals surface area contributed by atoms with Crippen LogP contribution in [0.15, 0.2) is 24.3 Å². The van der Waals surface area contributed by atoms with Crippen molar-refractivity contribution in [3.05, 3.63) is 29.8 Å². The van der Waals surface area contributed by atoms with Crippen LogP contribution in [0.25, 0.3) is 0 Å². The Balaban J connectivity index is 1.76. The fraction of sp³-hybridized carbons (Fsp3) is 0.700. The van der Waals surface area contributed by atoms with Crippen LogP contribution in [0.4, 0.5) is 0 Å². The molecule has 128 valence electrons. The summed E-state index contributed by atoms with van der Waals surface area (Å²) in [5, 5.41) is 11.1. The van der Waals surface area contributed by atoms with Crippen molar-refractivity contribution < 1.29 is 9.84 Å². The number of rotatable bonds is 5. The van der Waals surface area contributed by atoms with Crippen LogP contribution in [0.5, 0.6) is 5.75 Å². The van der Waals surface area contributed by atoms with E-state index in [9.17, 15) is 5.11 Å². The lowest BCUT2D eigenvalue weighted by atomic mass is 9.61. The normalized spacial score (nSPS) is 33.7.